The summed E-state index contributed by atoms with van der Waals surface area (Å²) < 4.78 is 49.4. The molecule has 160 valence electrons. The van der Waals surface area contributed by atoms with Crippen LogP contribution in [0.1, 0.15) is 56.1 Å². The number of halogens is 3. The maximum atomic E-state index is 14.8. The minimum atomic E-state index is -1.00. The molecule has 0 fully saturated rings. The molecule has 0 aromatic heterocycles. The molecule has 3 aromatic rings. The van der Waals surface area contributed by atoms with E-state index >= 15 is 0 Å². The largest absolute Gasteiger partial charge is 0.508 e. The van der Waals surface area contributed by atoms with E-state index in [9.17, 15) is 18.3 Å². The van der Waals surface area contributed by atoms with E-state index < -0.39 is 23.6 Å². The summed E-state index contributed by atoms with van der Waals surface area (Å²) in [6.45, 7) is 8.01. The third kappa shape index (κ3) is 3.80. The Hall–Kier alpha value is -3.21. The summed E-state index contributed by atoms with van der Waals surface area (Å²) in [6, 6.07) is 13.6. The lowest BCUT2D eigenvalue weighted by atomic mass is 9.83. The van der Waals surface area contributed by atoms with Crippen molar-refractivity contribution in [3.8, 4) is 11.5 Å². The highest BCUT2D eigenvalue weighted by atomic mass is 19.1. The first-order chi connectivity index (χ1) is 14.6. The molecule has 1 aliphatic rings. The van der Waals surface area contributed by atoms with Crippen LogP contribution < -0.4 is 4.74 Å². The highest BCUT2D eigenvalue weighted by Crippen LogP contribution is 2.48. The summed E-state index contributed by atoms with van der Waals surface area (Å²) in [4.78, 5) is 0. The lowest BCUT2D eigenvalue weighted by molar-refractivity contribution is 0.258. The van der Waals surface area contributed by atoms with Gasteiger partial charge in [-0.05, 0) is 47.2 Å². The minimum absolute atomic E-state index is 0.00841. The second kappa shape index (κ2) is 7.49. The van der Waals surface area contributed by atoms with E-state index in [2.05, 4.69) is 20.8 Å². The standard InChI is InChI=1S/C26H23F3O2/c1-14-19-13-18(30)9-10-22(19)31-25(15-5-7-16(8-6-15)26(2,3)4)23(14)24-20(28)11-17(27)12-21(24)29/h5-13,25,30H,1-4H3. The van der Waals surface area contributed by atoms with Crippen molar-refractivity contribution >= 4 is 11.1 Å². The van der Waals surface area contributed by atoms with Crippen LogP contribution in [-0.2, 0) is 5.41 Å². The van der Waals surface area contributed by atoms with Gasteiger partial charge in [0.1, 0.15) is 35.1 Å². The first-order valence-corrected chi connectivity index (χ1v) is 10.0. The number of allylic oxidation sites excluding steroid dienone is 1. The Morgan fingerprint density at radius 2 is 1.48 bits per heavy atom. The molecule has 0 radical (unpaired) electrons. The van der Waals surface area contributed by atoms with Crippen molar-refractivity contribution in [2.45, 2.75) is 39.2 Å². The Bertz CT molecular complexity index is 1170. The average Bonchev–Trinajstić information content (AvgIpc) is 2.68. The molecule has 0 aliphatic carbocycles. The van der Waals surface area contributed by atoms with Crippen molar-refractivity contribution in [3.63, 3.8) is 0 Å². The number of aromatic hydroxyl groups is 1. The molecule has 3 aromatic carbocycles. The first kappa shape index (κ1) is 21.0. The molecule has 0 bridgehead atoms. The van der Waals surface area contributed by atoms with Crippen LogP contribution in [0.5, 0.6) is 11.5 Å². The van der Waals surface area contributed by atoms with Gasteiger partial charge in [-0.2, -0.15) is 0 Å². The highest BCUT2D eigenvalue weighted by molar-refractivity contribution is 5.96. The second-order valence-electron chi connectivity index (χ2n) is 8.83. The van der Waals surface area contributed by atoms with Crippen LogP contribution in [-0.4, -0.2) is 5.11 Å². The molecule has 5 heteroatoms. The Balaban J connectivity index is 1.95. The molecule has 1 atom stereocenters. The fourth-order valence-corrected chi connectivity index (χ4v) is 3.95. The normalized spacial score (nSPS) is 16.2. The van der Waals surface area contributed by atoms with Crippen molar-refractivity contribution in [3.05, 3.63) is 94.3 Å². The van der Waals surface area contributed by atoms with Crippen LogP contribution in [0.2, 0.25) is 0 Å². The van der Waals surface area contributed by atoms with Gasteiger partial charge < -0.3 is 9.84 Å². The van der Waals surface area contributed by atoms with Crippen molar-refractivity contribution in [1.29, 1.82) is 0 Å². The number of phenols is 1. The highest BCUT2D eigenvalue weighted by Gasteiger charge is 2.33. The number of fused-ring (bicyclic) bond motifs is 1. The summed E-state index contributed by atoms with van der Waals surface area (Å²) in [5.74, 6) is -2.50. The molecular weight excluding hydrogens is 401 g/mol. The molecule has 31 heavy (non-hydrogen) atoms. The van der Waals surface area contributed by atoms with Gasteiger partial charge in [-0.3, -0.25) is 0 Å². The SMILES string of the molecule is CC1=C(c2c(F)cc(F)cc2F)C(c2ccc(C(C)(C)C)cc2)Oc2ccc(O)cc21. The predicted molar refractivity (Wildman–Crippen MR) is 115 cm³/mol. The molecule has 4 rings (SSSR count). The van der Waals surface area contributed by atoms with E-state index in [1.807, 2.05) is 24.3 Å². The number of ether oxygens (including phenoxy) is 1. The monoisotopic (exact) mass is 424 g/mol. The van der Waals surface area contributed by atoms with Crippen LogP contribution in [0, 0.1) is 17.5 Å². The van der Waals surface area contributed by atoms with E-state index in [-0.39, 0.29) is 22.3 Å². The maximum absolute atomic E-state index is 14.8. The van der Waals surface area contributed by atoms with E-state index in [0.29, 0.717) is 34.6 Å². The van der Waals surface area contributed by atoms with Crippen molar-refractivity contribution in [2.75, 3.05) is 0 Å². The lowest BCUT2D eigenvalue weighted by Crippen LogP contribution is -2.18. The minimum Gasteiger partial charge on any atom is -0.508 e. The van der Waals surface area contributed by atoms with E-state index in [1.54, 1.807) is 13.0 Å². The molecule has 2 nitrogen and oxygen atoms in total. The third-order valence-corrected chi connectivity index (χ3v) is 5.63. The van der Waals surface area contributed by atoms with Gasteiger partial charge in [-0.15, -0.1) is 0 Å². The number of rotatable bonds is 2. The molecule has 0 spiro atoms. The fourth-order valence-electron chi connectivity index (χ4n) is 3.95. The summed E-state index contributed by atoms with van der Waals surface area (Å²) in [7, 11) is 0. The van der Waals surface area contributed by atoms with E-state index in [0.717, 1.165) is 5.56 Å². The van der Waals surface area contributed by atoms with Crippen LogP contribution in [0.3, 0.4) is 0 Å². The molecular formula is C26H23F3O2. The maximum Gasteiger partial charge on any atom is 0.150 e. The Morgan fingerprint density at radius 1 is 0.871 bits per heavy atom. The molecule has 0 amide bonds. The van der Waals surface area contributed by atoms with Gasteiger partial charge in [-0.1, -0.05) is 45.0 Å². The van der Waals surface area contributed by atoms with Crippen molar-refractivity contribution in [2.24, 2.45) is 0 Å². The van der Waals surface area contributed by atoms with E-state index in [4.69, 9.17) is 4.74 Å². The average molecular weight is 424 g/mol. The Kier molecular flexibility index (Phi) is 5.08. The second-order valence-corrected chi connectivity index (χ2v) is 8.83. The zero-order valence-electron chi connectivity index (χ0n) is 17.8. The smallest absolute Gasteiger partial charge is 0.150 e. The van der Waals surface area contributed by atoms with Crippen LogP contribution in [0.15, 0.2) is 54.6 Å². The first-order valence-electron chi connectivity index (χ1n) is 10.0. The van der Waals surface area contributed by atoms with Gasteiger partial charge in [-0.25, -0.2) is 13.2 Å². The summed E-state index contributed by atoms with van der Waals surface area (Å²) >= 11 is 0. The zero-order valence-corrected chi connectivity index (χ0v) is 17.8. The van der Waals surface area contributed by atoms with Crippen LogP contribution >= 0.6 is 0 Å². The predicted octanol–water partition coefficient (Wildman–Crippen LogP) is 7.17. The van der Waals surface area contributed by atoms with Gasteiger partial charge in [0.25, 0.3) is 0 Å². The summed E-state index contributed by atoms with van der Waals surface area (Å²) in [6.07, 6.45) is -0.805. The molecule has 1 unspecified atom stereocenters. The molecule has 0 saturated heterocycles. The topological polar surface area (TPSA) is 29.5 Å². The summed E-state index contributed by atoms with van der Waals surface area (Å²) in [5, 5.41) is 9.92. The summed E-state index contributed by atoms with van der Waals surface area (Å²) in [5.41, 5.74) is 2.77. The number of benzene rings is 3. The van der Waals surface area contributed by atoms with Crippen molar-refractivity contribution < 1.29 is 23.0 Å². The quantitative estimate of drug-likeness (QED) is 0.472. The Morgan fingerprint density at radius 3 is 2.06 bits per heavy atom. The van der Waals surface area contributed by atoms with Crippen LogP contribution in [0.4, 0.5) is 13.2 Å². The van der Waals surface area contributed by atoms with Gasteiger partial charge in [0, 0.05) is 23.3 Å². The van der Waals surface area contributed by atoms with Gasteiger partial charge in [0.15, 0.2) is 0 Å². The van der Waals surface area contributed by atoms with Crippen LogP contribution in [0.25, 0.3) is 11.1 Å². The third-order valence-electron chi connectivity index (χ3n) is 5.63. The molecule has 1 N–H and O–H groups in total. The number of hydrogen-bond donors (Lipinski definition) is 1. The molecule has 1 heterocycles. The zero-order chi connectivity index (χ0) is 22.5. The lowest BCUT2D eigenvalue weighted by Gasteiger charge is -2.32. The van der Waals surface area contributed by atoms with Gasteiger partial charge in [0.05, 0.1) is 5.56 Å². The molecule has 1 aliphatic heterocycles. The van der Waals surface area contributed by atoms with Gasteiger partial charge in [0.2, 0.25) is 0 Å². The van der Waals surface area contributed by atoms with Crippen molar-refractivity contribution in [1.82, 2.24) is 0 Å². The number of hydrogen-bond acceptors (Lipinski definition) is 2. The van der Waals surface area contributed by atoms with E-state index in [1.165, 1.54) is 12.1 Å². The number of phenolic OH excluding ortho intramolecular Hbond substituents is 1. The fraction of sp³-hybridized carbons (Fsp3) is 0.231. The Labute approximate surface area is 179 Å². The van der Waals surface area contributed by atoms with Gasteiger partial charge >= 0.3 is 0 Å². The molecule has 0 saturated carbocycles.